The lowest BCUT2D eigenvalue weighted by Crippen LogP contribution is -2.24. The molecule has 1 aliphatic carbocycles. The Kier molecular flexibility index (Phi) is 6.94. The fourth-order valence-corrected chi connectivity index (χ4v) is 4.18. The van der Waals surface area contributed by atoms with E-state index in [-0.39, 0.29) is 29.1 Å². The number of hydrogen-bond acceptors (Lipinski definition) is 6. The standard InChI is InChI=1S/C23H23ClFN7O/c1-14-8-18(22-29-31-32(30-22)13-16-4-2-15(11-26)3-5-16)10-21(28-14)23(33)27-12-17-6-7-20(25)19(24)9-17/h6-10,15-16H,2-5,12-13H2,1H3,(H,27,33)/t15-,16-. The number of tetrazole rings is 1. The molecule has 0 spiro atoms. The van der Waals surface area contributed by atoms with Crippen molar-refractivity contribution in [3.05, 3.63) is 58.1 Å². The molecule has 4 rings (SSSR count). The summed E-state index contributed by atoms with van der Waals surface area (Å²) in [6.45, 7) is 2.63. The van der Waals surface area contributed by atoms with Crippen molar-refractivity contribution in [2.75, 3.05) is 0 Å². The summed E-state index contributed by atoms with van der Waals surface area (Å²) >= 11 is 5.80. The number of hydrogen-bond donors (Lipinski definition) is 1. The van der Waals surface area contributed by atoms with Crippen molar-refractivity contribution in [1.82, 2.24) is 30.5 Å². The van der Waals surface area contributed by atoms with Gasteiger partial charge in [0, 0.05) is 23.7 Å². The third kappa shape index (κ3) is 5.71. The van der Waals surface area contributed by atoms with Gasteiger partial charge in [-0.05, 0) is 73.6 Å². The highest BCUT2D eigenvalue weighted by molar-refractivity contribution is 6.30. The molecule has 0 saturated heterocycles. The van der Waals surface area contributed by atoms with E-state index in [0.29, 0.717) is 35.1 Å². The average molecular weight is 468 g/mol. The summed E-state index contributed by atoms with van der Waals surface area (Å²) in [7, 11) is 0. The lowest BCUT2D eigenvalue weighted by Gasteiger charge is -2.23. The summed E-state index contributed by atoms with van der Waals surface area (Å²) in [6, 6.07) is 10.1. The van der Waals surface area contributed by atoms with Crippen LogP contribution >= 0.6 is 11.6 Å². The monoisotopic (exact) mass is 467 g/mol. The Morgan fingerprint density at radius 2 is 2.06 bits per heavy atom. The van der Waals surface area contributed by atoms with Gasteiger partial charge >= 0.3 is 0 Å². The molecule has 0 aliphatic heterocycles. The molecule has 3 aromatic rings. The van der Waals surface area contributed by atoms with Crippen LogP contribution in [0.3, 0.4) is 0 Å². The smallest absolute Gasteiger partial charge is 0.270 e. The number of halogens is 2. The van der Waals surface area contributed by atoms with Crippen molar-refractivity contribution >= 4 is 17.5 Å². The highest BCUT2D eigenvalue weighted by Gasteiger charge is 2.22. The van der Waals surface area contributed by atoms with Crippen molar-refractivity contribution in [1.29, 1.82) is 5.26 Å². The predicted molar refractivity (Wildman–Crippen MR) is 119 cm³/mol. The van der Waals surface area contributed by atoms with Crippen molar-refractivity contribution in [2.45, 2.75) is 45.7 Å². The molecule has 8 nitrogen and oxygen atoms in total. The molecular weight excluding hydrogens is 445 g/mol. The van der Waals surface area contributed by atoms with Crippen LogP contribution < -0.4 is 5.32 Å². The molecule has 1 aromatic carbocycles. The molecule has 10 heteroatoms. The zero-order chi connectivity index (χ0) is 23.4. The Hall–Kier alpha value is -3.38. The molecule has 1 aliphatic rings. The molecule has 1 N–H and O–H groups in total. The van der Waals surface area contributed by atoms with Crippen molar-refractivity contribution in [3.63, 3.8) is 0 Å². The Morgan fingerprint density at radius 1 is 1.27 bits per heavy atom. The molecule has 2 aromatic heterocycles. The maximum Gasteiger partial charge on any atom is 0.270 e. The van der Waals surface area contributed by atoms with E-state index >= 15 is 0 Å². The predicted octanol–water partition coefficient (Wildman–Crippen LogP) is 4.10. The van der Waals surface area contributed by atoms with Crippen LogP contribution in [0.25, 0.3) is 11.4 Å². The summed E-state index contributed by atoms with van der Waals surface area (Å²) in [5, 5.41) is 24.6. The zero-order valence-corrected chi connectivity index (χ0v) is 18.9. The van der Waals surface area contributed by atoms with E-state index in [1.54, 1.807) is 29.9 Å². The first-order valence-corrected chi connectivity index (χ1v) is 11.2. The minimum atomic E-state index is -0.507. The van der Waals surface area contributed by atoms with Crippen LogP contribution in [0, 0.1) is 35.9 Å². The average Bonchev–Trinajstić information content (AvgIpc) is 3.28. The van der Waals surface area contributed by atoms with Gasteiger partial charge in [-0.1, -0.05) is 17.7 Å². The van der Waals surface area contributed by atoms with Gasteiger partial charge in [-0.15, -0.1) is 10.2 Å². The number of benzene rings is 1. The van der Waals surface area contributed by atoms with E-state index < -0.39 is 5.82 Å². The Bertz CT molecular complexity index is 1200. The fraction of sp³-hybridized carbons (Fsp3) is 0.391. The molecule has 170 valence electrons. The summed E-state index contributed by atoms with van der Waals surface area (Å²) in [6.07, 6.45) is 3.78. The van der Waals surface area contributed by atoms with Gasteiger partial charge in [0.05, 0.1) is 17.6 Å². The summed E-state index contributed by atoms with van der Waals surface area (Å²) in [5.74, 6) is 0.127. The third-order valence-corrected chi connectivity index (χ3v) is 6.07. The summed E-state index contributed by atoms with van der Waals surface area (Å²) in [4.78, 5) is 18.6. The highest BCUT2D eigenvalue weighted by atomic mass is 35.5. The van der Waals surface area contributed by atoms with Crippen LogP contribution in [0.15, 0.2) is 30.3 Å². The van der Waals surface area contributed by atoms with Crippen LogP contribution in [-0.2, 0) is 13.1 Å². The number of pyridine rings is 1. The van der Waals surface area contributed by atoms with Gasteiger partial charge in [0.15, 0.2) is 0 Å². The number of amides is 1. The van der Waals surface area contributed by atoms with Crippen molar-refractivity contribution in [3.8, 4) is 17.5 Å². The summed E-state index contributed by atoms with van der Waals surface area (Å²) < 4.78 is 13.3. The van der Waals surface area contributed by atoms with E-state index in [4.69, 9.17) is 16.9 Å². The van der Waals surface area contributed by atoms with Crippen molar-refractivity contribution < 1.29 is 9.18 Å². The van der Waals surface area contributed by atoms with Gasteiger partial charge in [-0.2, -0.15) is 10.1 Å². The van der Waals surface area contributed by atoms with Gasteiger partial charge in [-0.3, -0.25) is 4.79 Å². The molecule has 33 heavy (non-hydrogen) atoms. The highest BCUT2D eigenvalue weighted by Crippen LogP contribution is 2.29. The first-order chi connectivity index (χ1) is 15.9. The molecule has 0 bridgehead atoms. The van der Waals surface area contributed by atoms with Crippen LogP contribution in [0.2, 0.25) is 5.02 Å². The number of carbonyl (C=O) groups is 1. The van der Waals surface area contributed by atoms with Gasteiger partial charge in [0.2, 0.25) is 5.82 Å². The molecule has 2 heterocycles. The molecule has 0 unspecified atom stereocenters. The normalized spacial score (nSPS) is 18.0. The summed E-state index contributed by atoms with van der Waals surface area (Å²) in [5.41, 5.74) is 2.20. The number of aryl methyl sites for hydroxylation is 1. The first kappa shape index (κ1) is 22.8. The number of nitrogens with zero attached hydrogens (tertiary/aromatic N) is 6. The Balaban J connectivity index is 1.42. The van der Waals surface area contributed by atoms with Crippen LogP contribution in [-0.4, -0.2) is 31.1 Å². The maximum absolute atomic E-state index is 13.3. The lowest BCUT2D eigenvalue weighted by atomic mass is 9.83. The third-order valence-electron chi connectivity index (χ3n) is 5.79. The molecule has 0 radical (unpaired) electrons. The Labute approximate surface area is 195 Å². The lowest BCUT2D eigenvalue weighted by molar-refractivity contribution is 0.0945. The molecule has 1 saturated carbocycles. The second-order valence-electron chi connectivity index (χ2n) is 8.33. The number of aromatic nitrogens is 5. The molecule has 1 amide bonds. The molecule has 0 atom stereocenters. The maximum atomic E-state index is 13.3. The van der Waals surface area contributed by atoms with E-state index in [2.05, 4.69) is 31.8 Å². The SMILES string of the molecule is Cc1cc(-c2nnn(C[C@H]3CC[C@H](C#N)CC3)n2)cc(C(=O)NCc2ccc(F)c(Cl)c2)n1. The van der Waals surface area contributed by atoms with E-state index in [1.807, 2.05) is 0 Å². The number of rotatable bonds is 6. The van der Waals surface area contributed by atoms with Gasteiger partial charge in [0.1, 0.15) is 11.5 Å². The first-order valence-electron chi connectivity index (χ1n) is 10.8. The molecular formula is C23H23ClFN7O. The number of carbonyl (C=O) groups excluding carboxylic acids is 1. The van der Waals surface area contributed by atoms with Gasteiger partial charge in [0.25, 0.3) is 5.91 Å². The second-order valence-corrected chi connectivity index (χ2v) is 8.74. The van der Waals surface area contributed by atoms with E-state index in [1.165, 1.54) is 12.1 Å². The van der Waals surface area contributed by atoms with Gasteiger partial charge < -0.3 is 5.32 Å². The van der Waals surface area contributed by atoms with Crippen LogP contribution in [0.1, 0.15) is 47.4 Å². The number of nitrogens with one attached hydrogen (secondary N) is 1. The zero-order valence-electron chi connectivity index (χ0n) is 18.1. The number of nitriles is 1. The second kappa shape index (κ2) is 10.0. The van der Waals surface area contributed by atoms with Crippen molar-refractivity contribution in [2.24, 2.45) is 11.8 Å². The minimum Gasteiger partial charge on any atom is -0.347 e. The van der Waals surface area contributed by atoms with E-state index in [0.717, 1.165) is 25.7 Å². The van der Waals surface area contributed by atoms with Crippen LogP contribution in [0.4, 0.5) is 4.39 Å². The largest absolute Gasteiger partial charge is 0.347 e. The minimum absolute atomic E-state index is 0.00462. The van der Waals surface area contributed by atoms with Gasteiger partial charge in [-0.25, -0.2) is 9.37 Å². The topological polar surface area (TPSA) is 109 Å². The van der Waals surface area contributed by atoms with Crippen LogP contribution in [0.5, 0.6) is 0 Å². The fourth-order valence-electron chi connectivity index (χ4n) is 3.98. The molecule has 1 fully saturated rings. The van der Waals surface area contributed by atoms with E-state index in [9.17, 15) is 9.18 Å². The quantitative estimate of drug-likeness (QED) is 0.584. The Morgan fingerprint density at radius 3 is 2.79 bits per heavy atom.